The molecule has 0 unspecified atom stereocenters. The van der Waals surface area contributed by atoms with Crippen molar-refractivity contribution < 1.29 is 22.7 Å². The van der Waals surface area contributed by atoms with E-state index < -0.39 is 10.0 Å². The number of amides is 1. The molecule has 1 aliphatic rings. The van der Waals surface area contributed by atoms with Crippen molar-refractivity contribution in [1.29, 1.82) is 0 Å². The van der Waals surface area contributed by atoms with Crippen molar-refractivity contribution in [3.8, 4) is 11.5 Å². The lowest BCUT2D eigenvalue weighted by molar-refractivity contribution is -0.132. The Morgan fingerprint density at radius 3 is 2.47 bits per heavy atom. The van der Waals surface area contributed by atoms with Gasteiger partial charge in [0.05, 0.1) is 33.6 Å². The Bertz CT molecular complexity index is 956. The quantitative estimate of drug-likeness (QED) is 0.524. The number of benzene rings is 1. The normalized spacial score (nSPS) is 14.0. The van der Waals surface area contributed by atoms with Gasteiger partial charge in [-0.3, -0.25) is 4.79 Å². The van der Waals surface area contributed by atoms with Gasteiger partial charge in [0.15, 0.2) is 11.5 Å². The third-order valence-corrected chi connectivity index (χ3v) is 7.21. The van der Waals surface area contributed by atoms with Crippen molar-refractivity contribution in [2.75, 3.05) is 33.6 Å². The summed E-state index contributed by atoms with van der Waals surface area (Å²) in [6, 6.07) is 9.58. The van der Waals surface area contributed by atoms with Crippen LogP contribution in [0, 0.1) is 0 Å². The fourth-order valence-corrected chi connectivity index (χ4v) is 5.11. The first-order chi connectivity index (χ1) is 14.3. The summed E-state index contributed by atoms with van der Waals surface area (Å²) < 4.78 is 36.2. The maximum absolute atomic E-state index is 13.1. The molecule has 1 aromatic heterocycles. The second-order valence-electron chi connectivity index (χ2n) is 7.37. The van der Waals surface area contributed by atoms with Crippen molar-refractivity contribution in [2.45, 2.75) is 31.8 Å². The SMILES string of the molecule is COc1ccc(CCN(Cc2cccs2)C(=O)CN(C2CC2)S(C)(=O)=O)cc1OC. The summed E-state index contributed by atoms with van der Waals surface area (Å²) in [6.07, 6.45) is 3.43. The molecule has 1 amide bonds. The monoisotopic (exact) mass is 452 g/mol. The lowest BCUT2D eigenvalue weighted by Gasteiger charge is -2.26. The first kappa shape index (κ1) is 22.6. The third-order valence-electron chi connectivity index (χ3n) is 5.07. The topological polar surface area (TPSA) is 76.2 Å². The molecular formula is C21H28N2O5S2. The lowest BCUT2D eigenvalue weighted by atomic mass is 10.1. The summed E-state index contributed by atoms with van der Waals surface area (Å²) in [5, 5.41) is 1.97. The van der Waals surface area contributed by atoms with E-state index in [0.29, 0.717) is 31.0 Å². The fourth-order valence-electron chi connectivity index (χ4n) is 3.30. The van der Waals surface area contributed by atoms with Gasteiger partial charge in [-0.25, -0.2) is 8.42 Å². The molecule has 1 fully saturated rings. The second-order valence-corrected chi connectivity index (χ2v) is 10.3. The average molecular weight is 453 g/mol. The zero-order chi connectivity index (χ0) is 21.7. The van der Waals surface area contributed by atoms with Gasteiger partial charge in [0.2, 0.25) is 15.9 Å². The molecule has 0 saturated heterocycles. The number of carbonyl (C=O) groups excluding carboxylic acids is 1. The minimum atomic E-state index is -3.42. The summed E-state index contributed by atoms with van der Waals surface area (Å²) in [4.78, 5) is 15.9. The minimum absolute atomic E-state index is 0.0432. The molecular weight excluding hydrogens is 424 g/mol. The first-order valence-corrected chi connectivity index (χ1v) is 12.5. The van der Waals surface area contributed by atoms with Crippen LogP contribution < -0.4 is 9.47 Å². The van der Waals surface area contributed by atoms with Crippen molar-refractivity contribution in [2.24, 2.45) is 0 Å². The van der Waals surface area contributed by atoms with Crippen LogP contribution in [-0.4, -0.2) is 63.1 Å². The van der Waals surface area contributed by atoms with Crippen LogP contribution in [-0.2, 0) is 27.8 Å². The average Bonchev–Trinajstić information content (AvgIpc) is 3.42. The maximum atomic E-state index is 13.1. The highest BCUT2D eigenvalue weighted by molar-refractivity contribution is 7.88. The molecule has 0 atom stereocenters. The lowest BCUT2D eigenvalue weighted by Crippen LogP contribution is -2.43. The van der Waals surface area contributed by atoms with Gasteiger partial charge in [-0.2, -0.15) is 4.31 Å². The van der Waals surface area contributed by atoms with Gasteiger partial charge in [-0.1, -0.05) is 12.1 Å². The molecule has 164 valence electrons. The zero-order valence-corrected chi connectivity index (χ0v) is 19.2. The van der Waals surface area contributed by atoms with Gasteiger partial charge >= 0.3 is 0 Å². The molecule has 0 N–H and O–H groups in total. The molecule has 2 aromatic rings. The first-order valence-electron chi connectivity index (χ1n) is 9.79. The van der Waals surface area contributed by atoms with E-state index in [0.717, 1.165) is 23.3 Å². The number of methoxy groups -OCH3 is 2. The molecule has 7 nitrogen and oxygen atoms in total. The number of hydrogen-bond acceptors (Lipinski definition) is 6. The molecule has 1 heterocycles. The Morgan fingerprint density at radius 1 is 1.17 bits per heavy atom. The molecule has 9 heteroatoms. The summed E-state index contributed by atoms with van der Waals surface area (Å²) in [7, 11) is -0.239. The number of thiophene rings is 1. The predicted octanol–water partition coefficient (Wildman–Crippen LogP) is 2.76. The van der Waals surface area contributed by atoms with E-state index in [1.807, 2.05) is 35.7 Å². The molecule has 0 spiro atoms. The third kappa shape index (κ3) is 5.96. The van der Waals surface area contributed by atoms with E-state index in [1.165, 1.54) is 10.6 Å². The maximum Gasteiger partial charge on any atom is 0.238 e. The number of hydrogen-bond donors (Lipinski definition) is 0. The number of ether oxygens (including phenoxy) is 2. The number of carbonyl (C=O) groups is 1. The summed E-state index contributed by atoms with van der Waals surface area (Å²) in [5.41, 5.74) is 1.01. The fraction of sp³-hybridized carbons (Fsp3) is 0.476. The van der Waals surface area contributed by atoms with E-state index in [4.69, 9.17) is 9.47 Å². The van der Waals surface area contributed by atoms with Crippen LogP contribution in [0.1, 0.15) is 23.3 Å². The van der Waals surface area contributed by atoms with Crippen LogP contribution in [0.25, 0.3) is 0 Å². The smallest absolute Gasteiger partial charge is 0.238 e. The largest absolute Gasteiger partial charge is 0.493 e. The molecule has 1 aliphatic carbocycles. The summed E-state index contributed by atoms with van der Waals surface area (Å²) >= 11 is 1.58. The molecule has 0 aliphatic heterocycles. The van der Waals surface area contributed by atoms with Crippen molar-refractivity contribution in [3.05, 3.63) is 46.2 Å². The van der Waals surface area contributed by atoms with Crippen LogP contribution in [0.2, 0.25) is 0 Å². The Balaban J connectivity index is 1.73. The number of rotatable bonds is 11. The summed E-state index contributed by atoms with van der Waals surface area (Å²) in [6.45, 7) is 0.835. The van der Waals surface area contributed by atoms with E-state index >= 15 is 0 Å². The van der Waals surface area contributed by atoms with Gasteiger partial charge in [-0.05, 0) is 48.4 Å². The van der Waals surface area contributed by atoms with Gasteiger partial charge in [-0.15, -0.1) is 11.3 Å². The molecule has 1 aromatic carbocycles. The minimum Gasteiger partial charge on any atom is -0.493 e. The number of nitrogens with zero attached hydrogens (tertiary/aromatic N) is 2. The molecule has 0 radical (unpaired) electrons. The van der Waals surface area contributed by atoms with E-state index in [1.54, 1.807) is 30.5 Å². The van der Waals surface area contributed by atoms with Gasteiger partial charge < -0.3 is 14.4 Å². The summed E-state index contributed by atoms with van der Waals surface area (Å²) in [5.74, 6) is 1.12. The predicted molar refractivity (Wildman–Crippen MR) is 118 cm³/mol. The van der Waals surface area contributed by atoms with Crippen molar-refractivity contribution in [1.82, 2.24) is 9.21 Å². The van der Waals surface area contributed by atoms with E-state index in [-0.39, 0.29) is 18.5 Å². The van der Waals surface area contributed by atoms with Crippen LogP contribution in [0.4, 0.5) is 0 Å². The van der Waals surface area contributed by atoms with Crippen LogP contribution >= 0.6 is 11.3 Å². The Labute approximate surface area is 182 Å². The highest BCUT2D eigenvalue weighted by Crippen LogP contribution is 2.29. The highest BCUT2D eigenvalue weighted by atomic mass is 32.2. The Morgan fingerprint density at radius 2 is 1.90 bits per heavy atom. The second kappa shape index (κ2) is 9.80. The number of sulfonamides is 1. The van der Waals surface area contributed by atoms with Crippen molar-refractivity contribution >= 4 is 27.3 Å². The Kier molecular flexibility index (Phi) is 7.38. The van der Waals surface area contributed by atoms with E-state index in [9.17, 15) is 13.2 Å². The van der Waals surface area contributed by atoms with Crippen LogP contribution in [0.15, 0.2) is 35.7 Å². The van der Waals surface area contributed by atoms with Gasteiger partial charge in [0, 0.05) is 17.5 Å². The van der Waals surface area contributed by atoms with E-state index in [2.05, 4.69) is 0 Å². The molecule has 30 heavy (non-hydrogen) atoms. The van der Waals surface area contributed by atoms with Crippen LogP contribution in [0.5, 0.6) is 11.5 Å². The molecule has 0 bridgehead atoms. The molecule has 1 saturated carbocycles. The van der Waals surface area contributed by atoms with Crippen LogP contribution in [0.3, 0.4) is 0 Å². The van der Waals surface area contributed by atoms with Gasteiger partial charge in [0.1, 0.15) is 0 Å². The van der Waals surface area contributed by atoms with Crippen molar-refractivity contribution in [3.63, 3.8) is 0 Å². The Hall–Kier alpha value is -2.10. The standard InChI is InChI=1S/C21H28N2O5S2/c1-27-19-9-6-16(13-20(19)28-2)10-11-22(14-18-5-4-12-29-18)21(24)15-23(17-7-8-17)30(3,25)26/h4-6,9,12-13,17H,7-8,10-11,14-15H2,1-3H3. The zero-order valence-electron chi connectivity index (χ0n) is 17.5. The van der Waals surface area contributed by atoms with Gasteiger partial charge in [0.25, 0.3) is 0 Å². The molecule has 3 rings (SSSR count). The highest BCUT2D eigenvalue weighted by Gasteiger charge is 2.37.